The van der Waals surface area contributed by atoms with Crippen LogP contribution in [0.1, 0.15) is 25.1 Å². The third-order valence-corrected chi connectivity index (χ3v) is 1.81. The summed E-state index contributed by atoms with van der Waals surface area (Å²) in [4.78, 5) is 4.11. The molecule has 0 fully saturated rings. The second-order valence-electron chi connectivity index (χ2n) is 3.44. The van der Waals surface area contributed by atoms with Crippen molar-refractivity contribution in [3.63, 3.8) is 0 Å². The van der Waals surface area contributed by atoms with E-state index in [0.29, 0.717) is 11.7 Å². The lowest BCUT2D eigenvalue weighted by atomic mass is 10.2. The number of aryl methyl sites for hydroxylation is 1. The summed E-state index contributed by atoms with van der Waals surface area (Å²) in [6, 6.07) is 0. The number of hydrogen-bond donors (Lipinski definition) is 1. The fraction of sp³-hybridized carbons (Fsp3) is 0.600. The van der Waals surface area contributed by atoms with E-state index in [1.54, 1.807) is 0 Å². The molecule has 0 saturated heterocycles. The SMILES string of the molecule is C=C(C)CCNCCc1nc(C)no1. The minimum Gasteiger partial charge on any atom is -0.339 e. The fourth-order valence-corrected chi connectivity index (χ4v) is 1.06. The van der Waals surface area contributed by atoms with E-state index in [1.807, 2.05) is 13.8 Å². The Labute approximate surface area is 84.4 Å². The summed E-state index contributed by atoms with van der Waals surface area (Å²) >= 11 is 0. The topological polar surface area (TPSA) is 51.0 Å². The van der Waals surface area contributed by atoms with Gasteiger partial charge in [-0.1, -0.05) is 10.7 Å². The van der Waals surface area contributed by atoms with Crippen molar-refractivity contribution >= 4 is 0 Å². The molecule has 0 bridgehead atoms. The highest BCUT2D eigenvalue weighted by atomic mass is 16.5. The van der Waals surface area contributed by atoms with Crippen LogP contribution in [0.25, 0.3) is 0 Å². The van der Waals surface area contributed by atoms with Crippen molar-refractivity contribution in [3.8, 4) is 0 Å². The minimum absolute atomic E-state index is 0.696. The van der Waals surface area contributed by atoms with E-state index < -0.39 is 0 Å². The van der Waals surface area contributed by atoms with E-state index in [9.17, 15) is 0 Å². The lowest BCUT2D eigenvalue weighted by Gasteiger charge is -2.01. The molecule has 0 aliphatic heterocycles. The molecule has 0 aliphatic carbocycles. The highest BCUT2D eigenvalue weighted by Gasteiger charge is 2.00. The number of nitrogens with one attached hydrogen (secondary N) is 1. The van der Waals surface area contributed by atoms with E-state index in [2.05, 4.69) is 22.0 Å². The number of rotatable bonds is 6. The molecule has 1 N–H and O–H groups in total. The van der Waals surface area contributed by atoms with Gasteiger partial charge in [0, 0.05) is 13.0 Å². The zero-order valence-electron chi connectivity index (χ0n) is 8.84. The Bertz CT molecular complexity index is 293. The van der Waals surface area contributed by atoms with Gasteiger partial charge in [0.2, 0.25) is 5.89 Å². The van der Waals surface area contributed by atoms with Crippen molar-refractivity contribution in [1.82, 2.24) is 15.5 Å². The van der Waals surface area contributed by atoms with Crippen molar-refractivity contribution < 1.29 is 4.52 Å². The average molecular weight is 195 g/mol. The van der Waals surface area contributed by atoms with Crippen LogP contribution in [0.2, 0.25) is 0 Å². The van der Waals surface area contributed by atoms with Crippen molar-refractivity contribution in [2.75, 3.05) is 13.1 Å². The maximum Gasteiger partial charge on any atom is 0.227 e. The van der Waals surface area contributed by atoms with Crippen molar-refractivity contribution in [3.05, 3.63) is 23.9 Å². The summed E-state index contributed by atoms with van der Waals surface area (Å²) in [6.07, 6.45) is 1.81. The Kier molecular flexibility index (Phi) is 4.32. The first-order valence-electron chi connectivity index (χ1n) is 4.83. The zero-order valence-corrected chi connectivity index (χ0v) is 8.84. The standard InChI is InChI=1S/C10H17N3O/c1-8(2)4-6-11-7-5-10-12-9(3)13-14-10/h11H,1,4-7H2,2-3H3. The summed E-state index contributed by atoms with van der Waals surface area (Å²) in [5, 5.41) is 7.00. The third-order valence-electron chi connectivity index (χ3n) is 1.81. The molecule has 0 aromatic carbocycles. The highest BCUT2D eigenvalue weighted by molar-refractivity contribution is 4.88. The van der Waals surface area contributed by atoms with Crippen LogP contribution in [0.5, 0.6) is 0 Å². The Morgan fingerprint density at radius 1 is 1.50 bits per heavy atom. The maximum atomic E-state index is 4.97. The first-order chi connectivity index (χ1) is 6.68. The molecule has 1 aromatic rings. The average Bonchev–Trinajstić information content (AvgIpc) is 2.50. The van der Waals surface area contributed by atoms with Gasteiger partial charge in [-0.05, 0) is 26.8 Å². The molecule has 0 radical (unpaired) electrons. The zero-order chi connectivity index (χ0) is 10.4. The molecule has 78 valence electrons. The van der Waals surface area contributed by atoms with Crippen LogP contribution in [-0.2, 0) is 6.42 Å². The summed E-state index contributed by atoms with van der Waals surface area (Å²) < 4.78 is 4.97. The quantitative estimate of drug-likeness (QED) is 0.551. The fourth-order valence-electron chi connectivity index (χ4n) is 1.06. The van der Waals surface area contributed by atoms with Crippen LogP contribution in [0.3, 0.4) is 0 Å². The van der Waals surface area contributed by atoms with E-state index in [0.717, 1.165) is 25.9 Å². The molecule has 0 saturated carbocycles. The summed E-state index contributed by atoms with van der Waals surface area (Å²) in [7, 11) is 0. The van der Waals surface area contributed by atoms with Crippen LogP contribution in [0.15, 0.2) is 16.7 Å². The molecule has 0 spiro atoms. The van der Waals surface area contributed by atoms with Crippen LogP contribution >= 0.6 is 0 Å². The minimum atomic E-state index is 0.696. The van der Waals surface area contributed by atoms with Gasteiger partial charge in [-0.3, -0.25) is 0 Å². The van der Waals surface area contributed by atoms with Crippen LogP contribution in [0, 0.1) is 6.92 Å². The van der Waals surface area contributed by atoms with Crippen molar-refractivity contribution in [2.24, 2.45) is 0 Å². The molecule has 1 rings (SSSR count). The Morgan fingerprint density at radius 3 is 2.86 bits per heavy atom. The Hall–Kier alpha value is -1.16. The molecule has 1 aromatic heterocycles. The number of hydrogen-bond acceptors (Lipinski definition) is 4. The molecule has 0 atom stereocenters. The van der Waals surface area contributed by atoms with E-state index in [1.165, 1.54) is 5.57 Å². The first-order valence-corrected chi connectivity index (χ1v) is 4.83. The normalized spacial score (nSPS) is 10.4. The lowest BCUT2D eigenvalue weighted by Crippen LogP contribution is -2.18. The second kappa shape index (κ2) is 5.54. The van der Waals surface area contributed by atoms with Gasteiger partial charge < -0.3 is 9.84 Å². The van der Waals surface area contributed by atoms with E-state index in [-0.39, 0.29) is 0 Å². The molecule has 1 heterocycles. The smallest absolute Gasteiger partial charge is 0.227 e. The van der Waals surface area contributed by atoms with Gasteiger partial charge in [-0.25, -0.2) is 0 Å². The predicted molar refractivity (Wildman–Crippen MR) is 55.0 cm³/mol. The molecule has 14 heavy (non-hydrogen) atoms. The van der Waals surface area contributed by atoms with Gasteiger partial charge in [0.25, 0.3) is 0 Å². The molecular weight excluding hydrogens is 178 g/mol. The van der Waals surface area contributed by atoms with E-state index >= 15 is 0 Å². The molecule has 4 heteroatoms. The first kappa shape index (κ1) is 10.9. The molecule has 0 unspecified atom stereocenters. The van der Waals surface area contributed by atoms with Crippen LogP contribution in [0.4, 0.5) is 0 Å². The van der Waals surface area contributed by atoms with Gasteiger partial charge in [-0.15, -0.1) is 6.58 Å². The third kappa shape index (κ3) is 4.18. The van der Waals surface area contributed by atoms with Gasteiger partial charge in [0.1, 0.15) is 0 Å². The second-order valence-corrected chi connectivity index (χ2v) is 3.44. The van der Waals surface area contributed by atoms with Gasteiger partial charge in [-0.2, -0.15) is 4.98 Å². The van der Waals surface area contributed by atoms with E-state index in [4.69, 9.17) is 4.52 Å². The van der Waals surface area contributed by atoms with Crippen molar-refractivity contribution in [2.45, 2.75) is 26.7 Å². The molecule has 0 aliphatic rings. The van der Waals surface area contributed by atoms with Gasteiger partial charge in [0.15, 0.2) is 5.82 Å². The Balaban J connectivity index is 2.07. The Morgan fingerprint density at radius 2 is 2.29 bits per heavy atom. The molecule has 0 amide bonds. The molecular formula is C10H17N3O. The lowest BCUT2D eigenvalue weighted by molar-refractivity contribution is 0.372. The summed E-state index contributed by atoms with van der Waals surface area (Å²) in [5.74, 6) is 1.40. The van der Waals surface area contributed by atoms with Crippen molar-refractivity contribution in [1.29, 1.82) is 0 Å². The summed E-state index contributed by atoms with van der Waals surface area (Å²) in [5.41, 5.74) is 1.20. The largest absolute Gasteiger partial charge is 0.339 e. The predicted octanol–water partition coefficient (Wildman–Crippen LogP) is 1.48. The molecule has 4 nitrogen and oxygen atoms in total. The van der Waals surface area contributed by atoms with Gasteiger partial charge in [0.05, 0.1) is 0 Å². The van der Waals surface area contributed by atoms with Gasteiger partial charge >= 0.3 is 0 Å². The summed E-state index contributed by atoms with van der Waals surface area (Å²) in [6.45, 7) is 9.52. The highest BCUT2D eigenvalue weighted by Crippen LogP contribution is 1.96. The van der Waals surface area contributed by atoms with Crippen LogP contribution < -0.4 is 5.32 Å². The van der Waals surface area contributed by atoms with Crippen LogP contribution in [-0.4, -0.2) is 23.2 Å². The maximum absolute atomic E-state index is 4.97. The number of aromatic nitrogens is 2. The monoisotopic (exact) mass is 195 g/mol. The number of nitrogens with zero attached hydrogens (tertiary/aromatic N) is 2.